The van der Waals surface area contributed by atoms with Crippen molar-refractivity contribution >= 4 is 23.2 Å². The lowest BCUT2D eigenvalue weighted by molar-refractivity contribution is -0.119. The van der Waals surface area contributed by atoms with Gasteiger partial charge in [-0.1, -0.05) is 19.9 Å². The van der Waals surface area contributed by atoms with Gasteiger partial charge in [-0.05, 0) is 37.0 Å². The van der Waals surface area contributed by atoms with Gasteiger partial charge in [0.25, 0.3) is 0 Å². The van der Waals surface area contributed by atoms with Crippen LogP contribution in [0.5, 0.6) is 0 Å². The highest BCUT2D eigenvalue weighted by molar-refractivity contribution is 5.96. The van der Waals surface area contributed by atoms with Crippen LogP contribution in [0.2, 0.25) is 0 Å². The Morgan fingerprint density at radius 2 is 1.70 bits per heavy atom. The second-order valence-corrected chi connectivity index (χ2v) is 6.19. The number of ether oxygens (including phenoxy) is 1. The van der Waals surface area contributed by atoms with Crippen LogP contribution in [0, 0.1) is 11.8 Å². The van der Waals surface area contributed by atoms with E-state index in [4.69, 9.17) is 10.5 Å². The van der Waals surface area contributed by atoms with Crippen LogP contribution >= 0.6 is 0 Å². The molecule has 1 atom stereocenters. The molecule has 126 valence electrons. The molecule has 4 N–H and O–H groups in total. The van der Waals surface area contributed by atoms with Crippen molar-refractivity contribution < 1.29 is 14.3 Å². The highest BCUT2D eigenvalue weighted by Crippen LogP contribution is 2.20. The lowest BCUT2D eigenvalue weighted by Gasteiger charge is -2.26. The largest absolute Gasteiger partial charge is 0.381 e. The Hall–Kier alpha value is -1.92. The third-order valence-corrected chi connectivity index (χ3v) is 4.00. The molecule has 1 aliphatic rings. The van der Waals surface area contributed by atoms with Crippen LogP contribution in [0.3, 0.4) is 0 Å². The van der Waals surface area contributed by atoms with Crippen LogP contribution in [-0.4, -0.2) is 31.1 Å². The molecule has 6 nitrogen and oxygen atoms in total. The number of carbonyl (C=O) groups is 2. The molecule has 0 saturated carbocycles. The summed E-state index contributed by atoms with van der Waals surface area (Å²) in [6, 6.07) is 6.53. The first-order valence-corrected chi connectivity index (χ1v) is 8.02. The van der Waals surface area contributed by atoms with Gasteiger partial charge >= 0.3 is 0 Å². The van der Waals surface area contributed by atoms with E-state index in [9.17, 15) is 9.59 Å². The minimum absolute atomic E-state index is 0.0626. The van der Waals surface area contributed by atoms with E-state index in [0.29, 0.717) is 24.6 Å². The average Bonchev–Trinajstić information content (AvgIpc) is 2.55. The van der Waals surface area contributed by atoms with Gasteiger partial charge in [0.05, 0.1) is 6.04 Å². The van der Waals surface area contributed by atoms with Crippen molar-refractivity contribution in [3.8, 4) is 0 Å². The molecule has 0 bridgehead atoms. The Morgan fingerprint density at radius 1 is 1.13 bits per heavy atom. The Morgan fingerprint density at radius 3 is 2.26 bits per heavy atom. The van der Waals surface area contributed by atoms with Crippen LogP contribution in [0.4, 0.5) is 11.4 Å². The number of rotatable bonds is 5. The minimum atomic E-state index is -0.548. The monoisotopic (exact) mass is 319 g/mol. The summed E-state index contributed by atoms with van der Waals surface area (Å²) in [5.41, 5.74) is 7.34. The summed E-state index contributed by atoms with van der Waals surface area (Å²) in [7, 11) is 0. The normalized spacial score (nSPS) is 16.9. The number of benzene rings is 1. The summed E-state index contributed by atoms with van der Waals surface area (Å²) in [4.78, 5) is 24.0. The summed E-state index contributed by atoms with van der Waals surface area (Å²) in [5, 5.41) is 5.64. The molecule has 0 aliphatic carbocycles. The zero-order valence-electron chi connectivity index (χ0n) is 13.7. The van der Waals surface area contributed by atoms with Gasteiger partial charge < -0.3 is 21.1 Å². The summed E-state index contributed by atoms with van der Waals surface area (Å²) >= 11 is 0. The van der Waals surface area contributed by atoms with Crippen LogP contribution in [0.1, 0.15) is 26.7 Å². The molecular formula is C17H25N3O3. The number of anilines is 2. The number of nitrogens with two attached hydrogens (primary N) is 1. The maximum Gasteiger partial charge on any atom is 0.241 e. The molecule has 1 heterocycles. The van der Waals surface area contributed by atoms with Gasteiger partial charge in [0, 0.05) is 30.5 Å². The van der Waals surface area contributed by atoms with Crippen molar-refractivity contribution in [3.05, 3.63) is 24.3 Å². The van der Waals surface area contributed by atoms with Gasteiger partial charge in [0.2, 0.25) is 11.8 Å². The topological polar surface area (TPSA) is 93.5 Å². The second-order valence-electron chi connectivity index (χ2n) is 6.19. The predicted molar refractivity (Wildman–Crippen MR) is 90.1 cm³/mol. The average molecular weight is 319 g/mol. The molecule has 1 aromatic carbocycles. The smallest absolute Gasteiger partial charge is 0.241 e. The lowest BCUT2D eigenvalue weighted by Crippen LogP contribution is -2.44. The molecule has 2 amide bonds. The number of nitrogens with one attached hydrogen (secondary N) is 2. The van der Waals surface area contributed by atoms with E-state index in [1.165, 1.54) is 0 Å². The van der Waals surface area contributed by atoms with Gasteiger partial charge in [-0.15, -0.1) is 0 Å². The molecule has 0 aromatic heterocycles. The van der Waals surface area contributed by atoms with Crippen molar-refractivity contribution in [2.75, 3.05) is 23.8 Å². The van der Waals surface area contributed by atoms with Gasteiger partial charge in [-0.3, -0.25) is 9.59 Å². The van der Waals surface area contributed by atoms with Crippen LogP contribution in [0.15, 0.2) is 24.3 Å². The highest BCUT2D eigenvalue weighted by Gasteiger charge is 2.26. The Kier molecular flexibility index (Phi) is 6.12. The molecular weight excluding hydrogens is 294 g/mol. The van der Waals surface area contributed by atoms with Crippen LogP contribution in [-0.2, 0) is 14.3 Å². The van der Waals surface area contributed by atoms with E-state index in [1.54, 1.807) is 24.3 Å². The van der Waals surface area contributed by atoms with Crippen molar-refractivity contribution in [2.24, 2.45) is 17.6 Å². The zero-order chi connectivity index (χ0) is 16.8. The second kappa shape index (κ2) is 8.08. The summed E-state index contributed by atoms with van der Waals surface area (Å²) < 4.78 is 5.29. The number of carbonyl (C=O) groups excluding carboxylic acids is 2. The number of hydrogen-bond donors (Lipinski definition) is 3. The summed E-state index contributed by atoms with van der Waals surface area (Å²) in [6.45, 7) is 4.96. The first kappa shape index (κ1) is 17.4. The third kappa shape index (κ3) is 5.04. The Bertz CT molecular complexity index is 554. The van der Waals surface area contributed by atoms with Crippen molar-refractivity contribution in [3.63, 3.8) is 0 Å². The Balaban J connectivity index is 1.96. The number of hydrogen-bond acceptors (Lipinski definition) is 4. The van der Waals surface area contributed by atoms with E-state index < -0.39 is 6.04 Å². The maximum atomic E-state index is 12.3. The molecule has 6 heteroatoms. The van der Waals surface area contributed by atoms with E-state index in [1.807, 2.05) is 13.8 Å². The van der Waals surface area contributed by atoms with Crippen molar-refractivity contribution in [1.29, 1.82) is 0 Å². The SMILES string of the molecule is CC(C)C(=O)Nc1cccc(NC(=O)C(N)C2CCOCC2)c1. The van der Waals surface area contributed by atoms with Crippen LogP contribution < -0.4 is 16.4 Å². The quantitative estimate of drug-likeness (QED) is 0.773. The van der Waals surface area contributed by atoms with Gasteiger partial charge in [-0.2, -0.15) is 0 Å². The van der Waals surface area contributed by atoms with Crippen molar-refractivity contribution in [1.82, 2.24) is 0 Å². The number of amides is 2. The van der Waals surface area contributed by atoms with Gasteiger partial charge in [-0.25, -0.2) is 0 Å². The summed E-state index contributed by atoms with van der Waals surface area (Å²) in [5.74, 6) is -0.223. The molecule has 1 aliphatic heterocycles. The molecule has 2 rings (SSSR count). The molecule has 0 radical (unpaired) electrons. The van der Waals surface area contributed by atoms with Gasteiger partial charge in [0.15, 0.2) is 0 Å². The molecule has 0 spiro atoms. The predicted octanol–water partition coefficient (Wildman–Crippen LogP) is 1.97. The van der Waals surface area contributed by atoms with E-state index in [2.05, 4.69) is 10.6 Å². The van der Waals surface area contributed by atoms with Crippen molar-refractivity contribution in [2.45, 2.75) is 32.7 Å². The zero-order valence-corrected chi connectivity index (χ0v) is 13.7. The molecule has 1 fully saturated rings. The first-order chi connectivity index (χ1) is 11.0. The van der Waals surface area contributed by atoms with Crippen LogP contribution in [0.25, 0.3) is 0 Å². The minimum Gasteiger partial charge on any atom is -0.381 e. The van der Waals surface area contributed by atoms with E-state index in [0.717, 1.165) is 12.8 Å². The first-order valence-electron chi connectivity index (χ1n) is 8.02. The molecule has 1 unspecified atom stereocenters. The fraction of sp³-hybridized carbons (Fsp3) is 0.529. The fourth-order valence-corrected chi connectivity index (χ4v) is 2.48. The lowest BCUT2D eigenvalue weighted by atomic mass is 9.92. The maximum absolute atomic E-state index is 12.3. The standard InChI is InChI=1S/C17H25N3O3/c1-11(2)16(21)19-13-4-3-5-14(10-13)20-17(22)15(18)12-6-8-23-9-7-12/h3-5,10-12,15H,6-9,18H2,1-2H3,(H,19,21)(H,20,22). The van der Waals surface area contributed by atoms with Gasteiger partial charge in [0.1, 0.15) is 0 Å². The highest BCUT2D eigenvalue weighted by atomic mass is 16.5. The van der Waals surface area contributed by atoms with E-state index >= 15 is 0 Å². The third-order valence-electron chi connectivity index (χ3n) is 4.00. The molecule has 1 aromatic rings. The van der Waals surface area contributed by atoms with E-state index in [-0.39, 0.29) is 23.7 Å². The summed E-state index contributed by atoms with van der Waals surface area (Å²) in [6.07, 6.45) is 1.61. The fourth-order valence-electron chi connectivity index (χ4n) is 2.48. The Labute approximate surface area is 136 Å². The molecule has 23 heavy (non-hydrogen) atoms. The molecule has 1 saturated heterocycles.